The Hall–Kier alpha value is -3.39. The Morgan fingerprint density at radius 1 is 1.06 bits per heavy atom. The van der Waals surface area contributed by atoms with Crippen LogP contribution < -0.4 is 15.5 Å². The first-order valence-electron chi connectivity index (χ1n) is 11.7. The number of carbonyl (C=O) groups is 3. The Balaban J connectivity index is 1.98. The van der Waals surface area contributed by atoms with Gasteiger partial charge in [0.1, 0.15) is 5.76 Å². The zero-order valence-corrected chi connectivity index (χ0v) is 21.6. The highest BCUT2D eigenvalue weighted by Gasteiger charge is 2.36. The summed E-state index contributed by atoms with van der Waals surface area (Å²) in [6.07, 6.45) is 2.18. The van der Waals surface area contributed by atoms with E-state index in [0.717, 1.165) is 5.56 Å². The number of benzene rings is 1. The average Bonchev–Trinajstić information content (AvgIpc) is 3.55. The van der Waals surface area contributed by atoms with Crippen LogP contribution in [0.4, 0.5) is 5.69 Å². The van der Waals surface area contributed by atoms with Crippen molar-refractivity contribution in [2.45, 2.75) is 58.5 Å². The molecule has 1 atom stereocenters. The predicted molar refractivity (Wildman–Crippen MR) is 139 cm³/mol. The molecule has 0 bridgehead atoms. The minimum absolute atomic E-state index is 0.273. The van der Waals surface area contributed by atoms with Gasteiger partial charge >= 0.3 is 0 Å². The molecule has 3 aromatic rings. The summed E-state index contributed by atoms with van der Waals surface area (Å²) < 4.78 is 5.62. The van der Waals surface area contributed by atoms with Crippen LogP contribution in [0.2, 0.25) is 0 Å². The molecule has 3 rings (SSSR count). The minimum atomic E-state index is -1.05. The first kappa shape index (κ1) is 26.2. The first-order valence-corrected chi connectivity index (χ1v) is 12.6. The number of hydrogen-bond acceptors (Lipinski definition) is 5. The van der Waals surface area contributed by atoms with Crippen LogP contribution in [0.1, 0.15) is 74.0 Å². The molecule has 2 N–H and O–H groups in total. The van der Waals surface area contributed by atoms with Crippen molar-refractivity contribution >= 4 is 34.7 Å². The predicted octanol–water partition coefficient (Wildman–Crippen LogP) is 5.27. The van der Waals surface area contributed by atoms with Crippen molar-refractivity contribution in [3.63, 3.8) is 0 Å². The molecule has 186 valence electrons. The van der Waals surface area contributed by atoms with Crippen LogP contribution in [0, 0.1) is 0 Å². The molecule has 0 fully saturated rings. The normalized spacial score (nSPS) is 12.3. The fourth-order valence-electron chi connectivity index (χ4n) is 3.50. The maximum absolute atomic E-state index is 13.6. The number of rotatable bonds is 10. The molecular formula is C27H33N3O4S. The number of nitrogens with zero attached hydrogens (tertiary/aromatic N) is 1. The number of hydrogen-bond donors (Lipinski definition) is 2. The van der Waals surface area contributed by atoms with Crippen LogP contribution in [0.25, 0.3) is 0 Å². The highest BCUT2D eigenvalue weighted by Crippen LogP contribution is 2.30. The van der Waals surface area contributed by atoms with Crippen LogP contribution in [-0.2, 0) is 9.59 Å². The number of thiophene rings is 1. The molecule has 8 heteroatoms. The quantitative estimate of drug-likeness (QED) is 0.401. The fraction of sp³-hybridized carbons (Fsp3) is 0.370. The van der Waals surface area contributed by atoms with E-state index in [2.05, 4.69) is 24.5 Å². The van der Waals surface area contributed by atoms with Crippen molar-refractivity contribution in [3.8, 4) is 0 Å². The number of carbonyl (C=O) groups excluding carboxylic acids is 3. The van der Waals surface area contributed by atoms with Gasteiger partial charge < -0.3 is 15.1 Å². The topological polar surface area (TPSA) is 91.7 Å². The third-order valence-electron chi connectivity index (χ3n) is 5.92. The van der Waals surface area contributed by atoms with Crippen molar-refractivity contribution < 1.29 is 18.8 Å². The molecule has 0 aliphatic carbocycles. The van der Waals surface area contributed by atoms with E-state index in [-0.39, 0.29) is 18.4 Å². The Kier molecular flexibility index (Phi) is 8.51. The van der Waals surface area contributed by atoms with Gasteiger partial charge in [-0.2, -0.15) is 0 Å². The van der Waals surface area contributed by atoms with Crippen molar-refractivity contribution in [2.24, 2.45) is 0 Å². The van der Waals surface area contributed by atoms with Crippen LogP contribution in [0.5, 0.6) is 0 Å². The molecule has 0 saturated carbocycles. The highest BCUT2D eigenvalue weighted by molar-refractivity contribution is 7.12. The Bertz CT molecular complexity index is 1120. The van der Waals surface area contributed by atoms with E-state index in [0.29, 0.717) is 28.7 Å². The molecule has 0 unspecified atom stereocenters. The van der Waals surface area contributed by atoms with Gasteiger partial charge in [0, 0.05) is 11.2 Å². The summed E-state index contributed by atoms with van der Waals surface area (Å²) in [6, 6.07) is 13.3. The average molecular weight is 496 g/mol. The second kappa shape index (κ2) is 11.4. The first-order chi connectivity index (χ1) is 16.6. The third kappa shape index (κ3) is 6.60. The maximum Gasteiger partial charge on any atom is 0.261 e. The number of furan rings is 1. The molecule has 7 nitrogen and oxygen atoms in total. The molecule has 2 aromatic heterocycles. The molecule has 35 heavy (non-hydrogen) atoms. The monoisotopic (exact) mass is 495 g/mol. The van der Waals surface area contributed by atoms with Gasteiger partial charge in [0.15, 0.2) is 6.04 Å². The highest BCUT2D eigenvalue weighted by atomic mass is 32.1. The molecule has 0 aliphatic heterocycles. The second-order valence-electron chi connectivity index (χ2n) is 9.31. The number of anilines is 1. The Labute approximate surface area is 210 Å². The summed E-state index contributed by atoms with van der Waals surface area (Å²) in [7, 11) is 0. The van der Waals surface area contributed by atoms with Gasteiger partial charge in [0.05, 0.1) is 17.7 Å². The summed E-state index contributed by atoms with van der Waals surface area (Å²) in [5, 5.41) is 7.52. The van der Waals surface area contributed by atoms with E-state index >= 15 is 0 Å². The lowest BCUT2D eigenvalue weighted by atomic mass is 10.00. The van der Waals surface area contributed by atoms with E-state index in [1.165, 1.54) is 22.5 Å². The van der Waals surface area contributed by atoms with Gasteiger partial charge in [0.2, 0.25) is 5.91 Å². The van der Waals surface area contributed by atoms with E-state index in [1.807, 2.05) is 45.0 Å². The van der Waals surface area contributed by atoms with Crippen LogP contribution >= 0.6 is 11.3 Å². The summed E-state index contributed by atoms with van der Waals surface area (Å²) >= 11 is 1.29. The molecule has 0 aliphatic rings. The van der Waals surface area contributed by atoms with Gasteiger partial charge in [-0.15, -0.1) is 11.3 Å². The molecule has 0 spiro atoms. The molecule has 0 radical (unpaired) electrons. The van der Waals surface area contributed by atoms with E-state index in [9.17, 15) is 14.4 Å². The van der Waals surface area contributed by atoms with Gasteiger partial charge in [-0.25, -0.2) is 0 Å². The SMILES string of the molecule is CCC(C)(C)NC(=O)[C@@H](c1ccco1)N(C(=O)CNC(=O)c1cccs1)c1ccc(C(C)C)cc1. The molecule has 0 saturated heterocycles. The number of nitrogens with one attached hydrogen (secondary N) is 2. The van der Waals surface area contributed by atoms with Crippen molar-refractivity contribution in [1.29, 1.82) is 0 Å². The summed E-state index contributed by atoms with van der Waals surface area (Å²) in [6.45, 7) is 9.73. The van der Waals surface area contributed by atoms with Gasteiger partial charge in [-0.1, -0.05) is 39.0 Å². The molecule has 2 heterocycles. The Morgan fingerprint density at radius 2 is 1.77 bits per heavy atom. The van der Waals surface area contributed by atoms with Crippen molar-refractivity contribution in [1.82, 2.24) is 10.6 Å². The van der Waals surface area contributed by atoms with E-state index < -0.39 is 17.5 Å². The van der Waals surface area contributed by atoms with E-state index in [4.69, 9.17) is 4.42 Å². The lowest BCUT2D eigenvalue weighted by molar-refractivity contribution is -0.128. The zero-order chi connectivity index (χ0) is 25.6. The fourth-order valence-corrected chi connectivity index (χ4v) is 4.14. The van der Waals surface area contributed by atoms with Crippen molar-refractivity contribution in [2.75, 3.05) is 11.4 Å². The van der Waals surface area contributed by atoms with Crippen LogP contribution in [0.15, 0.2) is 64.6 Å². The zero-order valence-electron chi connectivity index (χ0n) is 20.8. The largest absolute Gasteiger partial charge is 0.467 e. The summed E-state index contributed by atoms with van der Waals surface area (Å²) in [5.74, 6) is -0.488. The lowest BCUT2D eigenvalue weighted by Crippen LogP contribution is -2.52. The van der Waals surface area contributed by atoms with E-state index in [1.54, 1.807) is 29.6 Å². The summed E-state index contributed by atoms with van der Waals surface area (Å²) in [4.78, 5) is 41.6. The van der Waals surface area contributed by atoms with Gasteiger partial charge in [-0.3, -0.25) is 19.3 Å². The smallest absolute Gasteiger partial charge is 0.261 e. The summed E-state index contributed by atoms with van der Waals surface area (Å²) in [5.41, 5.74) is 1.17. The van der Waals surface area contributed by atoms with Gasteiger partial charge in [0.25, 0.3) is 11.8 Å². The third-order valence-corrected chi connectivity index (χ3v) is 6.79. The molecule has 1 aromatic carbocycles. The number of amides is 3. The van der Waals surface area contributed by atoms with Crippen LogP contribution in [0.3, 0.4) is 0 Å². The second-order valence-corrected chi connectivity index (χ2v) is 10.3. The minimum Gasteiger partial charge on any atom is -0.467 e. The van der Waals surface area contributed by atoms with Crippen molar-refractivity contribution in [3.05, 3.63) is 76.4 Å². The molecular weight excluding hydrogens is 462 g/mol. The van der Waals surface area contributed by atoms with Crippen LogP contribution in [-0.4, -0.2) is 29.8 Å². The lowest BCUT2D eigenvalue weighted by Gasteiger charge is -2.33. The standard InChI is InChI=1S/C27H33N3O4S/c1-6-27(4,5)29-26(33)24(21-9-7-15-34-21)30(20-13-11-19(12-14-20)18(2)3)23(31)17-28-25(32)22-10-8-16-35-22/h7-16,18,24H,6,17H2,1-5H3,(H,28,32)(H,29,33)/t24-/m1/s1. The maximum atomic E-state index is 13.6. The van der Waals surface area contributed by atoms with Gasteiger partial charge in [-0.05, 0) is 67.5 Å². The molecule has 3 amide bonds. The Morgan fingerprint density at radius 3 is 2.31 bits per heavy atom.